The first kappa shape index (κ1) is 14.8. The fraction of sp³-hybridized carbons (Fsp3) is 0. The molecule has 0 amide bonds. The van der Waals surface area contributed by atoms with E-state index < -0.39 is 0 Å². The second kappa shape index (κ2) is 6.40. The van der Waals surface area contributed by atoms with Gasteiger partial charge in [0.05, 0.1) is 6.21 Å². The first-order valence-corrected chi connectivity index (χ1v) is 7.67. The maximum Gasteiger partial charge on any atom is 0.269 e. The molecule has 0 aliphatic carbocycles. The van der Waals surface area contributed by atoms with E-state index in [-0.39, 0.29) is 5.75 Å². The predicted octanol–water partition coefficient (Wildman–Crippen LogP) is 3.16. The predicted molar refractivity (Wildman–Crippen MR) is 96.1 cm³/mol. The summed E-state index contributed by atoms with van der Waals surface area (Å²) in [5.74, 6) is 0.523. The minimum absolute atomic E-state index is 0.146. The van der Waals surface area contributed by atoms with E-state index in [4.69, 9.17) is 0 Å². The highest BCUT2D eigenvalue weighted by atomic mass is 16.3. The molecule has 0 fully saturated rings. The Labute approximate surface area is 143 Å². The van der Waals surface area contributed by atoms with Gasteiger partial charge >= 0.3 is 0 Å². The minimum atomic E-state index is 0.146. The summed E-state index contributed by atoms with van der Waals surface area (Å²) in [5.41, 5.74) is 1.46. The Morgan fingerprint density at radius 2 is 1.76 bits per heavy atom. The number of phenolic OH excluding ortho intramolecular Hbond substituents is 1. The number of nitrogens with zero attached hydrogens (tertiary/aromatic N) is 5. The van der Waals surface area contributed by atoms with Gasteiger partial charge in [-0.25, -0.2) is 0 Å². The molecule has 0 aliphatic rings. The van der Waals surface area contributed by atoms with Crippen LogP contribution in [0.15, 0.2) is 71.8 Å². The highest BCUT2D eigenvalue weighted by Gasteiger charge is 2.07. The van der Waals surface area contributed by atoms with Crippen LogP contribution in [-0.4, -0.2) is 31.6 Å². The third-order valence-electron chi connectivity index (χ3n) is 3.73. The summed E-state index contributed by atoms with van der Waals surface area (Å²) in [4.78, 5) is 1.27. The number of fused-ring (bicyclic) bond motifs is 1. The number of benzene rings is 3. The van der Waals surface area contributed by atoms with Crippen molar-refractivity contribution in [3.63, 3.8) is 0 Å². The Morgan fingerprint density at radius 1 is 0.960 bits per heavy atom. The first-order chi connectivity index (χ1) is 12.3. The number of anilines is 2. The largest absolute Gasteiger partial charge is 0.507 e. The average molecular weight is 330 g/mol. The third-order valence-corrected chi connectivity index (χ3v) is 3.73. The second-order valence-electron chi connectivity index (χ2n) is 5.35. The lowest BCUT2D eigenvalue weighted by molar-refractivity contribution is 0.475. The number of para-hydroxylation sites is 1. The van der Waals surface area contributed by atoms with E-state index in [1.807, 2.05) is 60.7 Å². The van der Waals surface area contributed by atoms with Crippen LogP contribution in [0.25, 0.3) is 10.8 Å². The highest BCUT2D eigenvalue weighted by molar-refractivity contribution is 6.02. The van der Waals surface area contributed by atoms with Crippen molar-refractivity contribution in [2.24, 2.45) is 5.10 Å². The average Bonchev–Trinajstić information content (AvgIpc) is 3.09. The molecule has 7 heteroatoms. The van der Waals surface area contributed by atoms with Crippen molar-refractivity contribution in [3.8, 4) is 5.75 Å². The van der Waals surface area contributed by atoms with Crippen LogP contribution in [0.1, 0.15) is 5.56 Å². The SMILES string of the molecule is Oc1ccc2ccccc2c1C=Nn1nnnc1Nc1ccccc1. The summed E-state index contributed by atoms with van der Waals surface area (Å²) in [6.45, 7) is 0. The Kier molecular flexibility index (Phi) is 3.80. The molecule has 0 radical (unpaired) electrons. The van der Waals surface area contributed by atoms with Crippen molar-refractivity contribution < 1.29 is 5.11 Å². The lowest BCUT2D eigenvalue weighted by atomic mass is 10.0. The van der Waals surface area contributed by atoms with Gasteiger partial charge in [-0.05, 0) is 39.4 Å². The van der Waals surface area contributed by atoms with Gasteiger partial charge in [-0.1, -0.05) is 58.4 Å². The maximum absolute atomic E-state index is 10.2. The van der Waals surface area contributed by atoms with Crippen LogP contribution in [0, 0.1) is 0 Å². The van der Waals surface area contributed by atoms with Crippen molar-refractivity contribution in [2.75, 3.05) is 5.32 Å². The quantitative estimate of drug-likeness (QED) is 0.561. The third kappa shape index (κ3) is 3.02. The smallest absolute Gasteiger partial charge is 0.269 e. The zero-order valence-corrected chi connectivity index (χ0v) is 13.1. The van der Waals surface area contributed by atoms with E-state index in [2.05, 4.69) is 25.9 Å². The summed E-state index contributed by atoms with van der Waals surface area (Å²) >= 11 is 0. The molecule has 0 atom stereocenters. The van der Waals surface area contributed by atoms with Crippen LogP contribution < -0.4 is 5.32 Å². The van der Waals surface area contributed by atoms with Gasteiger partial charge in [-0.3, -0.25) is 0 Å². The maximum atomic E-state index is 10.2. The fourth-order valence-corrected chi connectivity index (χ4v) is 2.52. The van der Waals surface area contributed by atoms with E-state index in [0.29, 0.717) is 11.5 Å². The van der Waals surface area contributed by atoms with Crippen LogP contribution in [0.4, 0.5) is 11.6 Å². The van der Waals surface area contributed by atoms with Gasteiger partial charge in [0.25, 0.3) is 5.95 Å². The number of phenols is 1. The van der Waals surface area contributed by atoms with Crippen molar-refractivity contribution in [1.82, 2.24) is 20.3 Å². The molecule has 4 rings (SSSR count). The highest BCUT2D eigenvalue weighted by Crippen LogP contribution is 2.25. The van der Waals surface area contributed by atoms with Gasteiger partial charge in [0, 0.05) is 11.3 Å². The van der Waals surface area contributed by atoms with Crippen LogP contribution >= 0.6 is 0 Å². The van der Waals surface area contributed by atoms with Gasteiger partial charge in [0.2, 0.25) is 0 Å². The molecule has 0 saturated carbocycles. The molecule has 7 nitrogen and oxygen atoms in total. The van der Waals surface area contributed by atoms with Crippen LogP contribution in [-0.2, 0) is 0 Å². The fourth-order valence-electron chi connectivity index (χ4n) is 2.52. The number of tetrazole rings is 1. The molecule has 0 spiro atoms. The topological polar surface area (TPSA) is 88.2 Å². The molecule has 0 saturated heterocycles. The normalized spacial score (nSPS) is 11.2. The van der Waals surface area contributed by atoms with Crippen molar-refractivity contribution >= 4 is 28.6 Å². The molecular formula is C18H14N6O. The Hall–Kier alpha value is -3.74. The molecule has 3 aromatic carbocycles. The van der Waals surface area contributed by atoms with Gasteiger partial charge in [0.1, 0.15) is 5.75 Å². The van der Waals surface area contributed by atoms with Gasteiger partial charge in [-0.15, -0.1) is 0 Å². The number of rotatable bonds is 4. The van der Waals surface area contributed by atoms with Crippen LogP contribution in [0.3, 0.4) is 0 Å². The number of aromatic hydroxyl groups is 1. The van der Waals surface area contributed by atoms with Crippen LogP contribution in [0.5, 0.6) is 5.75 Å². The second-order valence-corrected chi connectivity index (χ2v) is 5.35. The van der Waals surface area contributed by atoms with Crippen LogP contribution in [0.2, 0.25) is 0 Å². The molecular weight excluding hydrogens is 316 g/mol. The monoisotopic (exact) mass is 330 g/mol. The molecule has 4 aromatic rings. The lowest BCUT2D eigenvalue weighted by Gasteiger charge is -2.05. The Balaban J connectivity index is 1.68. The molecule has 0 unspecified atom stereocenters. The summed E-state index contributed by atoms with van der Waals surface area (Å²) < 4.78 is 0. The van der Waals surface area contributed by atoms with Gasteiger partial charge in [-0.2, -0.15) is 5.10 Å². The van der Waals surface area contributed by atoms with E-state index in [9.17, 15) is 5.11 Å². The molecule has 25 heavy (non-hydrogen) atoms. The number of hydrogen-bond acceptors (Lipinski definition) is 6. The zero-order chi connectivity index (χ0) is 17.1. The molecule has 1 aromatic heterocycles. The van der Waals surface area contributed by atoms with E-state index in [1.54, 1.807) is 12.3 Å². The van der Waals surface area contributed by atoms with Crippen molar-refractivity contribution in [3.05, 3.63) is 72.3 Å². The summed E-state index contributed by atoms with van der Waals surface area (Å²) in [7, 11) is 0. The number of nitrogens with one attached hydrogen (secondary N) is 1. The van der Waals surface area contributed by atoms with E-state index in [0.717, 1.165) is 16.5 Å². The van der Waals surface area contributed by atoms with Crippen molar-refractivity contribution in [1.29, 1.82) is 0 Å². The summed E-state index contributed by atoms with van der Waals surface area (Å²) in [5, 5.41) is 30.9. The van der Waals surface area contributed by atoms with Gasteiger partial charge < -0.3 is 10.4 Å². The lowest BCUT2D eigenvalue weighted by Crippen LogP contribution is -2.01. The van der Waals surface area contributed by atoms with Crippen molar-refractivity contribution in [2.45, 2.75) is 0 Å². The summed E-state index contributed by atoms with van der Waals surface area (Å²) in [6, 6.07) is 20.8. The molecule has 0 aliphatic heterocycles. The summed E-state index contributed by atoms with van der Waals surface area (Å²) in [6.07, 6.45) is 1.55. The first-order valence-electron chi connectivity index (χ1n) is 7.67. The molecule has 0 bridgehead atoms. The minimum Gasteiger partial charge on any atom is -0.507 e. The van der Waals surface area contributed by atoms with E-state index in [1.165, 1.54) is 4.79 Å². The van der Waals surface area contributed by atoms with E-state index >= 15 is 0 Å². The molecule has 1 heterocycles. The molecule has 122 valence electrons. The molecule has 2 N–H and O–H groups in total. The Bertz CT molecular complexity index is 1040. The number of hydrogen-bond donors (Lipinski definition) is 2. The zero-order valence-electron chi connectivity index (χ0n) is 13.1. The Morgan fingerprint density at radius 3 is 2.64 bits per heavy atom. The number of aromatic nitrogens is 4. The van der Waals surface area contributed by atoms with Gasteiger partial charge in [0.15, 0.2) is 0 Å². The standard InChI is InChI=1S/C18H14N6O/c25-17-11-10-13-6-4-5-9-15(13)16(17)12-19-24-18(21-22-23-24)20-14-7-2-1-3-8-14/h1-12,25H,(H,20,21,23).